The van der Waals surface area contributed by atoms with Crippen LogP contribution in [0.15, 0.2) is 34.5 Å². The molecule has 3 fully saturated rings. The lowest BCUT2D eigenvalue weighted by Crippen LogP contribution is -2.68. The van der Waals surface area contributed by atoms with Gasteiger partial charge in [0.2, 0.25) is 6.35 Å². The molecule has 2 bridgehead atoms. The molecule has 10 nitrogen and oxygen atoms in total. The molecule has 0 aromatic carbocycles. The van der Waals surface area contributed by atoms with Crippen molar-refractivity contribution in [3.8, 4) is 0 Å². The summed E-state index contributed by atoms with van der Waals surface area (Å²) in [6.45, 7) is -0.0226. The van der Waals surface area contributed by atoms with Gasteiger partial charge in [-0.25, -0.2) is 28.0 Å². The van der Waals surface area contributed by atoms with E-state index in [1.165, 1.54) is 23.6 Å². The van der Waals surface area contributed by atoms with Crippen LogP contribution in [0.1, 0.15) is 11.4 Å². The standard InChI is InChI=1S/C18H20F3N5O5S2/c19-18(20,21)31-17(33(28,29)23-3-5-27)2-1-12(15-22-4-6-32-15)13-14(17)25-16(30-13)26-8-10-7-11(9-26)24-10/h1-2,4,6,10-11,16,23-24,27H,3,5,7-9H2. The molecule has 0 saturated carbocycles. The number of alkyl halides is 3. The Morgan fingerprint density at radius 1 is 1.39 bits per heavy atom. The Labute approximate surface area is 190 Å². The van der Waals surface area contributed by atoms with Gasteiger partial charge in [-0.2, -0.15) is 0 Å². The number of hydrogen-bond donors (Lipinski definition) is 3. The van der Waals surface area contributed by atoms with Gasteiger partial charge in [0.25, 0.3) is 15.0 Å². The van der Waals surface area contributed by atoms with E-state index in [9.17, 15) is 21.6 Å². The third kappa shape index (κ3) is 4.00. The fraction of sp³-hybridized carbons (Fsp3) is 0.556. The van der Waals surface area contributed by atoms with Crippen molar-refractivity contribution >= 4 is 32.6 Å². The third-order valence-electron chi connectivity index (χ3n) is 5.72. The number of sulfonamides is 1. The second kappa shape index (κ2) is 8.11. The van der Waals surface area contributed by atoms with Gasteiger partial charge in [0.05, 0.1) is 12.2 Å². The van der Waals surface area contributed by atoms with Crippen LogP contribution in [0, 0.1) is 0 Å². The van der Waals surface area contributed by atoms with E-state index < -0.39 is 46.5 Å². The summed E-state index contributed by atoms with van der Waals surface area (Å²) in [5.41, 5.74) is -0.208. The lowest BCUT2D eigenvalue weighted by atomic mass is 9.91. The molecule has 3 saturated heterocycles. The van der Waals surface area contributed by atoms with Gasteiger partial charge in [0, 0.05) is 43.3 Å². The minimum absolute atomic E-state index is 0.136. The average molecular weight is 508 g/mol. The lowest BCUT2D eigenvalue weighted by Gasteiger charge is -2.48. The lowest BCUT2D eigenvalue weighted by molar-refractivity contribution is -0.334. The highest BCUT2D eigenvalue weighted by molar-refractivity contribution is 7.91. The summed E-state index contributed by atoms with van der Waals surface area (Å²) in [6.07, 6.45) is -1.85. The van der Waals surface area contributed by atoms with Gasteiger partial charge < -0.3 is 15.2 Å². The fourth-order valence-corrected chi connectivity index (χ4v) is 6.45. The molecule has 3 N–H and O–H groups in total. The van der Waals surface area contributed by atoms with Gasteiger partial charge in [-0.05, 0) is 18.6 Å². The summed E-state index contributed by atoms with van der Waals surface area (Å²) in [5.74, 6) is -0.136. The zero-order chi connectivity index (χ0) is 23.4. The number of allylic oxidation sites excluding steroid dienone is 2. The van der Waals surface area contributed by atoms with Crippen LogP contribution in [0.2, 0.25) is 0 Å². The molecule has 15 heteroatoms. The Bertz CT molecular complexity index is 1100. The number of aliphatic hydroxyl groups is 1. The fourth-order valence-electron chi connectivity index (χ4n) is 4.37. The first-order chi connectivity index (χ1) is 15.6. The Kier molecular flexibility index (Phi) is 5.63. The van der Waals surface area contributed by atoms with Crippen molar-refractivity contribution in [2.75, 3.05) is 26.2 Å². The summed E-state index contributed by atoms with van der Waals surface area (Å²) in [7, 11) is -4.87. The smallest absolute Gasteiger partial charge is 0.452 e. The third-order valence-corrected chi connectivity index (χ3v) is 8.32. The number of aliphatic hydroxyl groups excluding tert-OH is 1. The highest BCUT2D eigenvalue weighted by Crippen LogP contribution is 2.44. The van der Waals surface area contributed by atoms with Crippen LogP contribution in [0.5, 0.6) is 0 Å². The molecular formula is C18H20F3N5O5S2. The number of nitrogens with one attached hydrogen (secondary N) is 2. The van der Waals surface area contributed by atoms with Gasteiger partial charge in [-0.3, -0.25) is 4.74 Å². The highest BCUT2D eigenvalue weighted by atomic mass is 32.2. The van der Waals surface area contributed by atoms with E-state index in [1.54, 1.807) is 5.38 Å². The summed E-state index contributed by atoms with van der Waals surface area (Å²) >= 11 is 1.22. The Morgan fingerprint density at radius 2 is 2.12 bits per heavy atom. The Hall–Kier alpha value is -1.88. The van der Waals surface area contributed by atoms with Crippen molar-refractivity contribution in [3.63, 3.8) is 0 Å². The molecule has 4 unspecified atom stereocenters. The van der Waals surface area contributed by atoms with E-state index in [4.69, 9.17) is 9.84 Å². The predicted molar refractivity (Wildman–Crippen MR) is 111 cm³/mol. The monoisotopic (exact) mass is 507 g/mol. The van der Waals surface area contributed by atoms with Gasteiger partial charge in [-0.15, -0.1) is 24.5 Å². The van der Waals surface area contributed by atoms with Crippen LogP contribution in [0.4, 0.5) is 13.2 Å². The first kappa shape index (κ1) is 22.9. The average Bonchev–Trinajstić information content (AvgIpc) is 3.41. The Balaban J connectivity index is 1.62. The maximum Gasteiger partial charge on any atom is 0.524 e. The second-order valence-corrected chi connectivity index (χ2v) is 10.7. The number of thiazole rings is 1. The largest absolute Gasteiger partial charge is 0.524 e. The zero-order valence-electron chi connectivity index (χ0n) is 16.9. The number of ether oxygens (including phenoxy) is 2. The zero-order valence-corrected chi connectivity index (χ0v) is 18.6. The topological polar surface area (TPSA) is 125 Å². The number of aromatic nitrogens is 1. The number of aliphatic imine (C=N–C) groups is 1. The molecule has 6 rings (SSSR count). The molecular weight excluding hydrogens is 487 g/mol. The van der Waals surface area contributed by atoms with Gasteiger partial charge >= 0.3 is 6.36 Å². The summed E-state index contributed by atoms with van der Waals surface area (Å²) < 4.78 is 79.1. The van der Waals surface area contributed by atoms with Crippen LogP contribution in [0.3, 0.4) is 0 Å². The second-order valence-electron chi connectivity index (χ2n) is 7.92. The molecule has 0 spiro atoms. The SMILES string of the molecule is O=S(=O)(NCCO)C1(OC(F)(F)F)C=CC(c2nccs2)=C2OC(N3CC4CC(C3)N4)N=C21. The van der Waals surface area contributed by atoms with E-state index >= 15 is 0 Å². The first-order valence-corrected chi connectivity index (χ1v) is 12.4. The van der Waals surface area contributed by atoms with Crippen molar-refractivity contribution in [1.29, 1.82) is 0 Å². The number of halogens is 3. The summed E-state index contributed by atoms with van der Waals surface area (Å²) in [6, 6.07) is 0.429. The molecule has 1 aromatic heterocycles. The van der Waals surface area contributed by atoms with Gasteiger partial charge in [0.15, 0.2) is 5.76 Å². The minimum atomic E-state index is -5.32. The van der Waals surface area contributed by atoms with Crippen molar-refractivity contribution in [2.45, 2.75) is 36.2 Å². The van der Waals surface area contributed by atoms with E-state index in [2.05, 4.69) is 20.0 Å². The van der Waals surface area contributed by atoms with E-state index in [0.29, 0.717) is 23.7 Å². The normalized spacial score (nSPS) is 31.8. The number of hydrogen-bond acceptors (Lipinski definition) is 10. The van der Waals surface area contributed by atoms with Crippen LogP contribution in [-0.2, 0) is 19.5 Å². The van der Waals surface area contributed by atoms with E-state index in [-0.39, 0.29) is 17.8 Å². The number of rotatable bonds is 7. The van der Waals surface area contributed by atoms with Crippen LogP contribution in [0.25, 0.3) is 5.57 Å². The van der Waals surface area contributed by atoms with Crippen molar-refractivity contribution in [1.82, 2.24) is 19.9 Å². The number of piperazine rings is 1. The molecule has 1 aliphatic carbocycles. The molecule has 5 aliphatic rings. The molecule has 0 radical (unpaired) electrons. The summed E-state index contributed by atoms with van der Waals surface area (Å²) in [5, 5.41) is 14.5. The molecule has 4 aliphatic heterocycles. The van der Waals surface area contributed by atoms with Gasteiger partial charge in [0.1, 0.15) is 10.7 Å². The minimum Gasteiger partial charge on any atom is -0.452 e. The highest BCUT2D eigenvalue weighted by Gasteiger charge is 2.60. The quantitative estimate of drug-likeness (QED) is 0.484. The number of fused-ring (bicyclic) bond motifs is 3. The first-order valence-electron chi connectivity index (χ1n) is 10.1. The molecule has 33 heavy (non-hydrogen) atoms. The van der Waals surface area contributed by atoms with Gasteiger partial charge in [-0.1, -0.05) is 0 Å². The predicted octanol–water partition coefficient (Wildman–Crippen LogP) is 0.369. The van der Waals surface area contributed by atoms with Crippen LogP contribution >= 0.6 is 11.3 Å². The van der Waals surface area contributed by atoms with Crippen LogP contribution in [-0.4, -0.2) is 85.1 Å². The number of piperidine rings is 1. The maximum absolute atomic E-state index is 13.5. The molecule has 1 aromatic rings. The maximum atomic E-state index is 13.5. The van der Waals surface area contributed by atoms with E-state index in [1.807, 2.05) is 9.62 Å². The summed E-state index contributed by atoms with van der Waals surface area (Å²) in [4.78, 5) is 7.30. The van der Waals surface area contributed by atoms with Crippen molar-refractivity contribution in [2.24, 2.45) is 4.99 Å². The molecule has 5 heterocycles. The van der Waals surface area contributed by atoms with Crippen molar-refractivity contribution < 1.29 is 36.2 Å². The Morgan fingerprint density at radius 3 is 2.73 bits per heavy atom. The van der Waals surface area contributed by atoms with E-state index in [0.717, 1.165) is 12.5 Å². The molecule has 0 amide bonds. The van der Waals surface area contributed by atoms with Crippen LogP contribution < -0.4 is 10.0 Å². The van der Waals surface area contributed by atoms with Crippen molar-refractivity contribution in [3.05, 3.63) is 34.5 Å². The number of nitrogens with zero attached hydrogens (tertiary/aromatic N) is 3. The molecule has 4 atom stereocenters. The molecule has 180 valence electrons.